The molecule has 1 N–H and O–H groups in total. The zero-order chi connectivity index (χ0) is 14.4. The van der Waals surface area contributed by atoms with E-state index in [1.807, 2.05) is 18.2 Å². The van der Waals surface area contributed by atoms with E-state index in [1.54, 1.807) is 14.2 Å². The van der Waals surface area contributed by atoms with Gasteiger partial charge in [-0.15, -0.1) is 0 Å². The Morgan fingerprint density at radius 2 is 1.90 bits per heavy atom. The van der Waals surface area contributed by atoms with Gasteiger partial charge in [-0.3, -0.25) is 4.79 Å². The maximum atomic E-state index is 11.9. The molecule has 0 spiro atoms. The molecule has 1 aliphatic carbocycles. The van der Waals surface area contributed by atoms with Gasteiger partial charge in [0.05, 0.1) is 20.6 Å². The van der Waals surface area contributed by atoms with Crippen LogP contribution in [-0.2, 0) is 11.2 Å². The zero-order valence-electron chi connectivity index (χ0n) is 12.0. The van der Waals surface area contributed by atoms with Crippen LogP contribution in [0.25, 0.3) is 0 Å². The Labute approximate surface area is 119 Å². The van der Waals surface area contributed by atoms with Crippen molar-refractivity contribution in [3.05, 3.63) is 35.9 Å². The molecule has 4 heteroatoms. The maximum Gasteiger partial charge on any atom is 0.224 e. The molecule has 1 aromatic carbocycles. The average Bonchev–Trinajstić information content (AvgIpc) is 2.98. The van der Waals surface area contributed by atoms with Gasteiger partial charge in [0.25, 0.3) is 0 Å². The van der Waals surface area contributed by atoms with Crippen molar-refractivity contribution in [1.82, 2.24) is 5.32 Å². The van der Waals surface area contributed by atoms with Crippen LogP contribution in [0.5, 0.6) is 11.5 Å². The summed E-state index contributed by atoms with van der Waals surface area (Å²) in [6.07, 6.45) is 6.84. The molecule has 0 atom stereocenters. The highest BCUT2D eigenvalue weighted by molar-refractivity contribution is 5.78. The summed E-state index contributed by atoms with van der Waals surface area (Å²) in [6, 6.07) is 5.55. The van der Waals surface area contributed by atoms with Gasteiger partial charge >= 0.3 is 0 Å². The predicted octanol–water partition coefficient (Wildman–Crippen LogP) is 2.33. The van der Waals surface area contributed by atoms with Crippen LogP contribution in [0, 0.1) is 5.92 Å². The molecule has 0 aliphatic heterocycles. The number of carbonyl (C=O) groups excluding carboxylic acids is 1. The van der Waals surface area contributed by atoms with Gasteiger partial charge in [0.15, 0.2) is 11.5 Å². The van der Waals surface area contributed by atoms with Crippen molar-refractivity contribution in [2.24, 2.45) is 5.92 Å². The summed E-state index contributed by atoms with van der Waals surface area (Å²) >= 11 is 0. The Balaban J connectivity index is 1.87. The Morgan fingerprint density at radius 3 is 2.55 bits per heavy atom. The molecule has 1 aliphatic rings. The summed E-state index contributed by atoms with van der Waals surface area (Å²) in [5.41, 5.74) is 0.921. The second-order valence-corrected chi connectivity index (χ2v) is 4.98. The van der Waals surface area contributed by atoms with E-state index < -0.39 is 0 Å². The first-order chi connectivity index (χ1) is 9.72. The first-order valence-electron chi connectivity index (χ1n) is 6.85. The van der Waals surface area contributed by atoms with Crippen LogP contribution >= 0.6 is 0 Å². The van der Waals surface area contributed by atoms with Gasteiger partial charge in [-0.05, 0) is 36.5 Å². The largest absolute Gasteiger partial charge is 0.493 e. The fourth-order valence-electron chi connectivity index (χ4n) is 2.34. The molecule has 108 valence electrons. The summed E-state index contributed by atoms with van der Waals surface area (Å²) in [7, 11) is 3.19. The number of benzene rings is 1. The Hall–Kier alpha value is -1.97. The molecular formula is C16H21NO3. The SMILES string of the molecule is COc1ccc(CC(=O)NCC2CC=CC2)cc1OC. The number of amides is 1. The van der Waals surface area contributed by atoms with Crippen molar-refractivity contribution in [2.45, 2.75) is 19.3 Å². The third-order valence-corrected chi connectivity index (χ3v) is 3.51. The minimum Gasteiger partial charge on any atom is -0.493 e. The summed E-state index contributed by atoms with van der Waals surface area (Å²) < 4.78 is 10.4. The van der Waals surface area contributed by atoms with Crippen molar-refractivity contribution in [3.8, 4) is 11.5 Å². The molecule has 0 unspecified atom stereocenters. The smallest absolute Gasteiger partial charge is 0.224 e. The molecule has 0 saturated heterocycles. The number of nitrogens with one attached hydrogen (secondary N) is 1. The maximum absolute atomic E-state index is 11.9. The Bertz CT molecular complexity index is 488. The number of hydrogen-bond donors (Lipinski definition) is 1. The molecular weight excluding hydrogens is 254 g/mol. The van der Waals surface area contributed by atoms with E-state index in [0.29, 0.717) is 23.8 Å². The molecule has 0 radical (unpaired) electrons. The van der Waals surface area contributed by atoms with Gasteiger partial charge in [-0.2, -0.15) is 0 Å². The summed E-state index contributed by atoms with van der Waals surface area (Å²) in [6.45, 7) is 0.749. The van der Waals surface area contributed by atoms with Crippen LogP contribution in [0.15, 0.2) is 30.4 Å². The summed E-state index contributed by atoms with van der Waals surface area (Å²) in [5.74, 6) is 1.93. The molecule has 20 heavy (non-hydrogen) atoms. The predicted molar refractivity (Wildman–Crippen MR) is 78.1 cm³/mol. The number of methoxy groups -OCH3 is 2. The van der Waals surface area contributed by atoms with Gasteiger partial charge in [-0.1, -0.05) is 18.2 Å². The van der Waals surface area contributed by atoms with Crippen molar-refractivity contribution < 1.29 is 14.3 Å². The first kappa shape index (κ1) is 14.4. The highest BCUT2D eigenvalue weighted by Gasteiger charge is 2.12. The molecule has 0 fully saturated rings. The molecule has 0 bridgehead atoms. The lowest BCUT2D eigenvalue weighted by molar-refractivity contribution is -0.120. The van der Waals surface area contributed by atoms with E-state index in [0.717, 1.165) is 24.9 Å². The van der Waals surface area contributed by atoms with Crippen molar-refractivity contribution in [3.63, 3.8) is 0 Å². The highest BCUT2D eigenvalue weighted by Crippen LogP contribution is 2.27. The second kappa shape index (κ2) is 6.98. The number of rotatable bonds is 6. The number of ether oxygens (including phenoxy) is 2. The fraction of sp³-hybridized carbons (Fsp3) is 0.438. The van der Waals surface area contributed by atoms with Crippen LogP contribution in [0.1, 0.15) is 18.4 Å². The molecule has 0 saturated carbocycles. The van der Waals surface area contributed by atoms with Crippen LogP contribution in [0.4, 0.5) is 0 Å². The first-order valence-corrected chi connectivity index (χ1v) is 6.85. The van der Waals surface area contributed by atoms with Crippen LogP contribution in [0.2, 0.25) is 0 Å². The van der Waals surface area contributed by atoms with Crippen LogP contribution in [-0.4, -0.2) is 26.7 Å². The topological polar surface area (TPSA) is 47.6 Å². The second-order valence-electron chi connectivity index (χ2n) is 4.98. The normalized spacial score (nSPS) is 14.3. The highest BCUT2D eigenvalue weighted by atomic mass is 16.5. The molecule has 0 aromatic heterocycles. The van der Waals surface area contributed by atoms with E-state index in [1.165, 1.54) is 0 Å². The van der Waals surface area contributed by atoms with E-state index >= 15 is 0 Å². The van der Waals surface area contributed by atoms with Crippen molar-refractivity contribution >= 4 is 5.91 Å². The lowest BCUT2D eigenvalue weighted by Gasteiger charge is -2.12. The van der Waals surface area contributed by atoms with Gasteiger partial charge in [0.1, 0.15) is 0 Å². The zero-order valence-corrected chi connectivity index (χ0v) is 12.0. The van der Waals surface area contributed by atoms with Crippen molar-refractivity contribution in [1.29, 1.82) is 0 Å². The van der Waals surface area contributed by atoms with E-state index in [2.05, 4.69) is 17.5 Å². The number of carbonyl (C=O) groups is 1. The molecule has 1 amide bonds. The molecule has 0 heterocycles. The summed E-state index contributed by atoms with van der Waals surface area (Å²) in [5, 5.41) is 2.99. The number of hydrogen-bond acceptors (Lipinski definition) is 3. The minimum atomic E-state index is 0.0455. The summed E-state index contributed by atoms with van der Waals surface area (Å²) in [4.78, 5) is 11.9. The van der Waals surface area contributed by atoms with E-state index in [-0.39, 0.29) is 5.91 Å². The fourth-order valence-corrected chi connectivity index (χ4v) is 2.34. The third-order valence-electron chi connectivity index (χ3n) is 3.51. The Morgan fingerprint density at radius 1 is 1.20 bits per heavy atom. The lowest BCUT2D eigenvalue weighted by atomic mass is 10.1. The minimum absolute atomic E-state index is 0.0455. The Kier molecular flexibility index (Phi) is 5.04. The molecule has 1 aromatic rings. The van der Waals surface area contributed by atoms with Gasteiger partial charge in [0, 0.05) is 6.54 Å². The van der Waals surface area contributed by atoms with Gasteiger partial charge in [0.2, 0.25) is 5.91 Å². The molecule has 2 rings (SSSR count). The quantitative estimate of drug-likeness (QED) is 0.811. The van der Waals surface area contributed by atoms with E-state index in [4.69, 9.17) is 9.47 Å². The lowest BCUT2D eigenvalue weighted by Crippen LogP contribution is -2.29. The van der Waals surface area contributed by atoms with Crippen LogP contribution < -0.4 is 14.8 Å². The van der Waals surface area contributed by atoms with E-state index in [9.17, 15) is 4.79 Å². The standard InChI is InChI=1S/C16H21NO3/c1-19-14-8-7-13(9-15(14)20-2)10-16(18)17-11-12-5-3-4-6-12/h3-4,7-9,12H,5-6,10-11H2,1-2H3,(H,17,18). The number of allylic oxidation sites excluding steroid dienone is 2. The van der Waals surface area contributed by atoms with Crippen LogP contribution in [0.3, 0.4) is 0 Å². The third kappa shape index (κ3) is 3.76. The van der Waals surface area contributed by atoms with Crippen molar-refractivity contribution in [2.75, 3.05) is 20.8 Å². The van der Waals surface area contributed by atoms with Gasteiger partial charge in [-0.25, -0.2) is 0 Å². The average molecular weight is 275 g/mol. The molecule has 4 nitrogen and oxygen atoms in total. The monoisotopic (exact) mass is 275 g/mol. The van der Waals surface area contributed by atoms with Gasteiger partial charge < -0.3 is 14.8 Å².